The molecule has 1 saturated heterocycles. The van der Waals surface area contributed by atoms with Gasteiger partial charge in [0.1, 0.15) is 11.6 Å². The van der Waals surface area contributed by atoms with Gasteiger partial charge in [-0.3, -0.25) is 9.59 Å². The normalized spacial score (nSPS) is 31.4. The maximum atomic E-state index is 12.8. The topological polar surface area (TPSA) is 49.4 Å². The second-order valence-electron chi connectivity index (χ2n) is 7.77. The molecule has 2 unspecified atom stereocenters. The number of nitrogens with one attached hydrogen (secondary N) is 1. The summed E-state index contributed by atoms with van der Waals surface area (Å²) in [6, 6.07) is -0.232. The Hall–Kier alpha value is -1.06. The van der Waals surface area contributed by atoms with E-state index in [4.69, 9.17) is 0 Å². The van der Waals surface area contributed by atoms with Crippen molar-refractivity contribution in [1.82, 2.24) is 10.2 Å². The third-order valence-electron chi connectivity index (χ3n) is 4.61. The first-order valence-corrected chi connectivity index (χ1v) is 7.81. The van der Waals surface area contributed by atoms with Gasteiger partial charge in [0.15, 0.2) is 0 Å². The Balaban J connectivity index is 2.20. The highest BCUT2D eigenvalue weighted by Gasteiger charge is 2.51. The smallest absolute Gasteiger partial charge is 0.248 e. The van der Waals surface area contributed by atoms with Gasteiger partial charge in [0.05, 0.1) is 0 Å². The molecule has 1 saturated carbocycles. The van der Waals surface area contributed by atoms with Crippen molar-refractivity contribution in [2.75, 3.05) is 6.54 Å². The van der Waals surface area contributed by atoms with Gasteiger partial charge in [-0.05, 0) is 43.9 Å². The Morgan fingerprint density at radius 1 is 1.30 bits per heavy atom. The van der Waals surface area contributed by atoms with Crippen LogP contribution in [0.25, 0.3) is 0 Å². The lowest BCUT2D eigenvalue weighted by molar-refractivity contribution is -0.155. The molecule has 20 heavy (non-hydrogen) atoms. The molecule has 2 aliphatic rings. The number of hydrogen-bond donors (Lipinski definition) is 1. The summed E-state index contributed by atoms with van der Waals surface area (Å²) in [4.78, 5) is 27.1. The van der Waals surface area contributed by atoms with Crippen LogP contribution in [-0.4, -0.2) is 34.8 Å². The lowest BCUT2D eigenvalue weighted by atomic mass is 9.88. The van der Waals surface area contributed by atoms with E-state index < -0.39 is 5.54 Å². The average molecular weight is 280 g/mol. The molecule has 0 aromatic carbocycles. The van der Waals surface area contributed by atoms with Crippen molar-refractivity contribution in [2.45, 2.75) is 71.9 Å². The first kappa shape index (κ1) is 15.3. The third-order valence-corrected chi connectivity index (χ3v) is 4.61. The van der Waals surface area contributed by atoms with Crippen molar-refractivity contribution in [3.63, 3.8) is 0 Å². The highest BCUT2D eigenvalue weighted by atomic mass is 16.2. The molecular weight excluding hydrogens is 252 g/mol. The van der Waals surface area contributed by atoms with Crippen LogP contribution in [0.15, 0.2) is 0 Å². The van der Waals surface area contributed by atoms with Crippen LogP contribution in [0.5, 0.6) is 0 Å². The van der Waals surface area contributed by atoms with E-state index in [2.05, 4.69) is 26.1 Å². The van der Waals surface area contributed by atoms with Gasteiger partial charge in [-0.15, -0.1) is 0 Å². The zero-order valence-corrected chi connectivity index (χ0v) is 13.5. The minimum Gasteiger partial charge on any atom is -0.340 e. The van der Waals surface area contributed by atoms with E-state index in [-0.39, 0.29) is 23.3 Å². The summed E-state index contributed by atoms with van der Waals surface area (Å²) in [5.74, 6) is 0.520. The Kier molecular flexibility index (Phi) is 3.87. The second kappa shape index (κ2) is 5.05. The van der Waals surface area contributed by atoms with Gasteiger partial charge in [0, 0.05) is 6.54 Å². The van der Waals surface area contributed by atoms with Crippen LogP contribution >= 0.6 is 0 Å². The number of rotatable bonds is 4. The van der Waals surface area contributed by atoms with E-state index in [0.29, 0.717) is 18.9 Å². The highest BCUT2D eigenvalue weighted by Crippen LogP contribution is 2.39. The number of piperazine rings is 1. The standard InChI is InChI=1S/C16H28N2O2/c1-6-16(5)14(20)18(10-9-15(2,3)4)12(11-7-8-11)13(19)17-16/h11-12H,6-10H2,1-5H3,(H,17,19). The SMILES string of the molecule is CCC1(C)NC(=O)C(C2CC2)N(CCC(C)(C)C)C1=O. The van der Waals surface area contributed by atoms with Crippen molar-refractivity contribution in [1.29, 1.82) is 0 Å². The fourth-order valence-corrected chi connectivity index (χ4v) is 2.80. The lowest BCUT2D eigenvalue weighted by Gasteiger charge is -2.45. The Morgan fingerprint density at radius 2 is 1.90 bits per heavy atom. The maximum absolute atomic E-state index is 12.8. The van der Waals surface area contributed by atoms with Crippen LogP contribution in [0.2, 0.25) is 0 Å². The molecule has 0 radical (unpaired) electrons. The van der Waals surface area contributed by atoms with Gasteiger partial charge in [-0.25, -0.2) is 0 Å². The Morgan fingerprint density at radius 3 is 2.35 bits per heavy atom. The van der Waals surface area contributed by atoms with E-state index >= 15 is 0 Å². The molecule has 2 atom stereocenters. The number of hydrogen-bond acceptors (Lipinski definition) is 2. The molecule has 0 aromatic rings. The molecule has 2 rings (SSSR count). The fraction of sp³-hybridized carbons (Fsp3) is 0.875. The van der Waals surface area contributed by atoms with E-state index in [9.17, 15) is 9.59 Å². The molecular formula is C16H28N2O2. The number of amides is 2. The molecule has 4 nitrogen and oxygen atoms in total. The van der Waals surface area contributed by atoms with Gasteiger partial charge in [-0.1, -0.05) is 27.7 Å². The van der Waals surface area contributed by atoms with Crippen molar-refractivity contribution in [3.05, 3.63) is 0 Å². The predicted molar refractivity (Wildman–Crippen MR) is 79.1 cm³/mol. The molecule has 4 heteroatoms. The predicted octanol–water partition coefficient (Wildman–Crippen LogP) is 2.33. The maximum Gasteiger partial charge on any atom is 0.248 e. The lowest BCUT2D eigenvalue weighted by Crippen LogP contribution is -2.69. The van der Waals surface area contributed by atoms with Crippen molar-refractivity contribution < 1.29 is 9.59 Å². The van der Waals surface area contributed by atoms with Crippen LogP contribution < -0.4 is 5.32 Å². The molecule has 114 valence electrons. The van der Waals surface area contributed by atoms with Crippen LogP contribution in [-0.2, 0) is 9.59 Å². The first-order valence-electron chi connectivity index (χ1n) is 7.81. The summed E-state index contributed by atoms with van der Waals surface area (Å²) in [6.07, 6.45) is 3.70. The van der Waals surface area contributed by atoms with E-state index in [0.717, 1.165) is 19.3 Å². The quantitative estimate of drug-likeness (QED) is 0.859. The third kappa shape index (κ3) is 2.99. The van der Waals surface area contributed by atoms with Crippen LogP contribution in [0.1, 0.15) is 60.3 Å². The fourth-order valence-electron chi connectivity index (χ4n) is 2.80. The number of carbonyl (C=O) groups excluding carboxylic acids is 2. The second-order valence-corrected chi connectivity index (χ2v) is 7.77. The van der Waals surface area contributed by atoms with Crippen molar-refractivity contribution in [2.24, 2.45) is 11.3 Å². The van der Waals surface area contributed by atoms with Gasteiger partial charge in [0.2, 0.25) is 11.8 Å². The first-order chi connectivity index (χ1) is 9.18. The summed E-state index contributed by atoms with van der Waals surface area (Å²) < 4.78 is 0. The largest absolute Gasteiger partial charge is 0.340 e. The molecule has 1 heterocycles. The monoisotopic (exact) mass is 280 g/mol. The van der Waals surface area contributed by atoms with Gasteiger partial charge < -0.3 is 10.2 Å². The number of nitrogens with zero attached hydrogens (tertiary/aromatic N) is 1. The molecule has 1 N–H and O–H groups in total. The van der Waals surface area contributed by atoms with Gasteiger partial charge in [0.25, 0.3) is 0 Å². The van der Waals surface area contributed by atoms with Crippen LogP contribution in [0.4, 0.5) is 0 Å². The minimum absolute atomic E-state index is 0.0466. The van der Waals surface area contributed by atoms with Crippen molar-refractivity contribution >= 4 is 11.8 Å². The zero-order chi connectivity index (χ0) is 15.1. The summed E-state index contributed by atoms with van der Waals surface area (Å²) in [7, 11) is 0. The van der Waals surface area contributed by atoms with E-state index in [1.54, 1.807) is 0 Å². The molecule has 1 aliphatic carbocycles. The summed E-state index contributed by atoms with van der Waals surface area (Å²) >= 11 is 0. The number of carbonyl (C=O) groups is 2. The van der Waals surface area contributed by atoms with E-state index in [1.165, 1.54) is 0 Å². The molecule has 0 aromatic heterocycles. The van der Waals surface area contributed by atoms with Gasteiger partial charge in [-0.2, -0.15) is 0 Å². The van der Waals surface area contributed by atoms with Crippen LogP contribution in [0, 0.1) is 11.3 Å². The molecule has 0 spiro atoms. The van der Waals surface area contributed by atoms with E-state index in [1.807, 2.05) is 18.7 Å². The highest BCUT2D eigenvalue weighted by molar-refractivity contribution is 5.99. The molecule has 2 amide bonds. The summed E-state index contributed by atoms with van der Waals surface area (Å²) in [5, 5.41) is 2.96. The summed E-state index contributed by atoms with van der Waals surface area (Å²) in [6.45, 7) is 11.0. The Labute approximate surface area is 122 Å². The molecule has 2 fully saturated rings. The molecule has 0 bridgehead atoms. The minimum atomic E-state index is -0.722. The van der Waals surface area contributed by atoms with Crippen LogP contribution in [0.3, 0.4) is 0 Å². The summed E-state index contributed by atoms with van der Waals surface area (Å²) in [5.41, 5.74) is -0.550. The Bertz CT molecular complexity index is 409. The van der Waals surface area contributed by atoms with Crippen molar-refractivity contribution in [3.8, 4) is 0 Å². The van der Waals surface area contributed by atoms with Gasteiger partial charge >= 0.3 is 0 Å². The average Bonchev–Trinajstić information content (AvgIpc) is 3.14. The molecule has 1 aliphatic heterocycles. The zero-order valence-electron chi connectivity index (χ0n) is 13.5.